The van der Waals surface area contributed by atoms with E-state index in [1.54, 1.807) is 11.8 Å². The van der Waals surface area contributed by atoms with Gasteiger partial charge in [0, 0.05) is 4.90 Å². The van der Waals surface area contributed by atoms with Gasteiger partial charge in [0.2, 0.25) is 0 Å². The maximum Gasteiger partial charge on any atom is 0.0808 e. The van der Waals surface area contributed by atoms with E-state index in [0.717, 1.165) is 19.3 Å². The first-order valence-corrected chi connectivity index (χ1v) is 6.54. The molecule has 0 radical (unpaired) electrons. The van der Waals surface area contributed by atoms with Crippen LogP contribution in [0, 0.1) is 0 Å². The molecule has 3 heteroatoms. The molecule has 0 aliphatic carbocycles. The number of thioether (sulfide) groups is 1. The van der Waals surface area contributed by atoms with Gasteiger partial charge in [-0.2, -0.15) is 0 Å². The fraction of sp³-hybridized carbons (Fsp3) is 0.364. The summed E-state index contributed by atoms with van der Waals surface area (Å²) in [5, 5.41) is 0. The molecule has 0 aromatic heterocycles. The number of halogens is 1. The van der Waals surface area contributed by atoms with Crippen molar-refractivity contribution in [2.45, 2.75) is 24.2 Å². The summed E-state index contributed by atoms with van der Waals surface area (Å²) in [5.74, 6) is 0. The Kier molecular flexibility index (Phi) is 5.53. The summed E-state index contributed by atoms with van der Waals surface area (Å²) >= 11 is 12.2. The Morgan fingerprint density at radius 2 is 2.00 bits per heavy atom. The van der Waals surface area contributed by atoms with Crippen LogP contribution in [0.3, 0.4) is 0 Å². The van der Waals surface area contributed by atoms with Gasteiger partial charge in [-0.1, -0.05) is 36.0 Å². The first kappa shape index (κ1) is 12.0. The van der Waals surface area contributed by atoms with Gasteiger partial charge in [-0.3, -0.25) is 0 Å². The molecule has 14 heavy (non-hydrogen) atoms. The van der Waals surface area contributed by atoms with Crippen molar-refractivity contribution in [2.24, 2.45) is 0 Å². The van der Waals surface area contributed by atoms with E-state index in [0.29, 0.717) is 4.32 Å². The van der Waals surface area contributed by atoms with Crippen LogP contribution in [-0.2, 0) is 6.42 Å². The van der Waals surface area contributed by atoms with Crippen molar-refractivity contribution in [1.82, 2.24) is 0 Å². The van der Waals surface area contributed by atoms with E-state index in [-0.39, 0.29) is 0 Å². The van der Waals surface area contributed by atoms with Gasteiger partial charge in [0.25, 0.3) is 0 Å². The Bertz CT molecular complexity index is 293. The van der Waals surface area contributed by atoms with Crippen LogP contribution in [0.2, 0.25) is 0 Å². The second kappa shape index (κ2) is 6.44. The third kappa shape index (κ3) is 4.45. The number of aryl methyl sites for hydroxylation is 1. The molecule has 0 atom stereocenters. The molecule has 0 N–H and O–H groups in total. The molecule has 0 heterocycles. The minimum Gasteiger partial charge on any atom is -0.130 e. The lowest BCUT2D eigenvalue weighted by atomic mass is 10.1. The number of thiocarbonyl (C=S) groups is 1. The maximum absolute atomic E-state index is 5.62. The highest BCUT2D eigenvalue weighted by molar-refractivity contribution is 7.98. The average Bonchev–Trinajstić information content (AvgIpc) is 2.18. The number of rotatable bonds is 5. The Morgan fingerprint density at radius 3 is 2.50 bits per heavy atom. The second-order valence-electron chi connectivity index (χ2n) is 3.06. The SMILES string of the molecule is CSc1ccc(CCCC(=S)Cl)cc1. The van der Waals surface area contributed by atoms with Crippen molar-refractivity contribution < 1.29 is 0 Å². The van der Waals surface area contributed by atoms with E-state index in [4.69, 9.17) is 23.8 Å². The van der Waals surface area contributed by atoms with Crippen molar-refractivity contribution in [3.8, 4) is 0 Å². The van der Waals surface area contributed by atoms with Crippen molar-refractivity contribution in [1.29, 1.82) is 0 Å². The van der Waals surface area contributed by atoms with Gasteiger partial charge >= 0.3 is 0 Å². The highest BCUT2D eigenvalue weighted by Crippen LogP contribution is 2.16. The van der Waals surface area contributed by atoms with Gasteiger partial charge in [-0.25, -0.2) is 0 Å². The zero-order valence-corrected chi connectivity index (χ0v) is 10.5. The van der Waals surface area contributed by atoms with Crippen LogP contribution in [-0.4, -0.2) is 10.6 Å². The largest absolute Gasteiger partial charge is 0.130 e. The summed E-state index contributed by atoms with van der Waals surface area (Å²) in [6.45, 7) is 0. The summed E-state index contributed by atoms with van der Waals surface area (Å²) in [6, 6.07) is 8.64. The Balaban J connectivity index is 2.40. The van der Waals surface area contributed by atoms with Crippen molar-refractivity contribution >= 4 is 39.9 Å². The first-order chi connectivity index (χ1) is 6.72. The minimum atomic E-state index is 0.589. The van der Waals surface area contributed by atoms with E-state index >= 15 is 0 Å². The molecule has 1 rings (SSSR count). The van der Waals surface area contributed by atoms with E-state index < -0.39 is 0 Å². The van der Waals surface area contributed by atoms with E-state index in [1.807, 2.05) is 0 Å². The molecule has 0 fully saturated rings. The van der Waals surface area contributed by atoms with E-state index in [1.165, 1.54) is 10.5 Å². The number of hydrogen-bond donors (Lipinski definition) is 0. The van der Waals surface area contributed by atoms with Gasteiger partial charge in [0.1, 0.15) is 0 Å². The topological polar surface area (TPSA) is 0 Å². The summed E-state index contributed by atoms with van der Waals surface area (Å²) < 4.78 is 0.589. The minimum absolute atomic E-state index is 0.589. The third-order valence-electron chi connectivity index (χ3n) is 2.00. The van der Waals surface area contributed by atoms with Gasteiger partial charge in [-0.05, 0) is 43.2 Å². The quantitative estimate of drug-likeness (QED) is 0.430. The fourth-order valence-corrected chi connectivity index (χ4v) is 1.91. The molecule has 76 valence electrons. The van der Waals surface area contributed by atoms with Gasteiger partial charge in [0.05, 0.1) is 4.32 Å². The predicted octanol–water partition coefficient (Wildman–Crippen LogP) is 4.30. The van der Waals surface area contributed by atoms with Crippen LogP contribution in [0.4, 0.5) is 0 Å². The standard InChI is InChI=1S/C11H13ClS2/c1-14-10-7-5-9(6-8-10)3-2-4-11(12)13/h5-8H,2-4H2,1H3. The van der Waals surface area contributed by atoms with Crippen LogP contribution in [0.5, 0.6) is 0 Å². The summed E-state index contributed by atoms with van der Waals surface area (Å²) in [5.41, 5.74) is 1.36. The Labute approximate surface area is 100 Å². The van der Waals surface area contributed by atoms with Gasteiger partial charge in [-0.15, -0.1) is 11.8 Å². The Hall–Kier alpha value is -0.0500. The number of benzene rings is 1. The van der Waals surface area contributed by atoms with Gasteiger partial charge in [0.15, 0.2) is 0 Å². The van der Waals surface area contributed by atoms with Crippen molar-refractivity contribution in [3.63, 3.8) is 0 Å². The number of hydrogen-bond acceptors (Lipinski definition) is 2. The lowest BCUT2D eigenvalue weighted by Crippen LogP contribution is -1.88. The van der Waals surface area contributed by atoms with Crippen molar-refractivity contribution in [3.05, 3.63) is 29.8 Å². The normalized spacial score (nSPS) is 10.1. The van der Waals surface area contributed by atoms with Crippen LogP contribution < -0.4 is 0 Å². The molecule has 0 nitrogen and oxygen atoms in total. The zero-order valence-electron chi connectivity index (χ0n) is 8.13. The third-order valence-corrected chi connectivity index (χ3v) is 3.13. The van der Waals surface area contributed by atoms with Crippen LogP contribution in [0.1, 0.15) is 18.4 Å². The smallest absolute Gasteiger partial charge is 0.0808 e. The molecule has 0 unspecified atom stereocenters. The molecule has 0 bridgehead atoms. The second-order valence-corrected chi connectivity index (χ2v) is 5.11. The summed E-state index contributed by atoms with van der Waals surface area (Å²) in [7, 11) is 0. The molecule has 0 spiro atoms. The van der Waals surface area contributed by atoms with Crippen LogP contribution in [0.15, 0.2) is 29.2 Å². The summed E-state index contributed by atoms with van der Waals surface area (Å²) in [4.78, 5) is 1.31. The lowest BCUT2D eigenvalue weighted by molar-refractivity contribution is 0.875. The van der Waals surface area contributed by atoms with E-state index in [2.05, 4.69) is 30.5 Å². The fourth-order valence-electron chi connectivity index (χ4n) is 1.22. The monoisotopic (exact) mass is 244 g/mol. The molecule has 1 aromatic rings. The highest BCUT2D eigenvalue weighted by atomic mass is 35.5. The maximum atomic E-state index is 5.62. The molecule has 1 aromatic carbocycles. The predicted molar refractivity (Wildman–Crippen MR) is 69.6 cm³/mol. The Morgan fingerprint density at radius 1 is 1.36 bits per heavy atom. The molecule has 0 saturated carbocycles. The molecular weight excluding hydrogens is 232 g/mol. The van der Waals surface area contributed by atoms with Crippen LogP contribution >= 0.6 is 35.6 Å². The molecule has 0 aliphatic rings. The molecule has 0 aliphatic heterocycles. The van der Waals surface area contributed by atoms with Gasteiger partial charge < -0.3 is 0 Å². The zero-order chi connectivity index (χ0) is 10.4. The molecule has 0 saturated heterocycles. The molecule has 0 amide bonds. The molecular formula is C11H13ClS2. The van der Waals surface area contributed by atoms with E-state index in [9.17, 15) is 0 Å². The van der Waals surface area contributed by atoms with Crippen LogP contribution in [0.25, 0.3) is 0 Å². The van der Waals surface area contributed by atoms with Crippen molar-refractivity contribution in [2.75, 3.05) is 6.26 Å². The lowest BCUT2D eigenvalue weighted by Gasteiger charge is -2.01. The summed E-state index contributed by atoms with van der Waals surface area (Å²) in [6.07, 6.45) is 5.02. The average molecular weight is 245 g/mol. The highest BCUT2D eigenvalue weighted by Gasteiger charge is 1.96. The first-order valence-electron chi connectivity index (χ1n) is 4.53.